The van der Waals surface area contributed by atoms with Crippen molar-refractivity contribution < 1.29 is 0 Å². The zero-order valence-electron chi connectivity index (χ0n) is 13.8. The maximum atomic E-state index is 2.63. The van der Waals surface area contributed by atoms with Crippen molar-refractivity contribution in [3.05, 3.63) is 53.2 Å². The lowest BCUT2D eigenvalue weighted by molar-refractivity contribution is 0.988. The molecule has 0 nitrogen and oxygen atoms in total. The van der Waals surface area contributed by atoms with E-state index < -0.39 is 16.1 Å². The molecule has 0 N–H and O–H groups in total. The van der Waals surface area contributed by atoms with Gasteiger partial charge in [0.2, 0.25) is 0 Å². The van der Waals surface area contributed by atoms with Crippen LogP contribution in [0.15, 0.2) is 47.7 Å². The monoisotopic (exact) mass is 300 g/mol. The highest BCUT2D eigenvalue weighted by Crippen LogP contribution is 2.41. The highest BCUT2D eigenvalue weighted by atomic mass is 28.3. The topological polar surface area (TPSA) is 0 Å². The van der Waals surface area contributed by atoms with E-state index in [1.807, 2.05) is 0 Å². The van der Waals surface area contributed by atoms with Gasteiger partial charge in [0.25, 0.3) is 0 Å². The van der Waals surface area contributed by atoms with Gasteiger partial charge in [-0.2, -0.15) is 0 Å². The number of hydrogen-bond acceptors (Lipinski definition) is 0. The number of hydrogen-bond donors (Lipinski definition) is 0. The van der Waals surface area contributed by atoms with Crippen LogP contribution in [0.2, 0.25) is 44.8 Å². The van der Waals surface area contributed by atoms with Crippen molar-refractivity contribution in [2.75, 3.05) is 0 Å². The predicted octanol–water partition coefficient (Wildman–Crippen LogP) is 5.99. The summed E-state index contributed by atoms with van der Waals surface area (Å²) in [5.41, 5.74) is 3.75. The highest BCUT2D eigenvalue weighted by molar-refractivity contribution is 6.84. The molecule has 2 rings (SSSR count). The fourth-order valence-corrected chi connectivity index (χ4v) is 5.67. The maximum absolute atomic E-state index is 2.63. The predicted molar refractivity (Wildman–Crippen MR) is 97.6 cm³/mol. The molecule has 0 saturated heterocycles. The molecular weight excluding hydrogens is 272 g/mol. The molecule has 1 aliphatic rings. The first-order valence-electron chi connectivity index (χ1n) is 7.66. The molecular formula is C18H28Si2. The lowest BCUT2D eigenvalue weighted by Crippen LogP contribution is -2.32. The lowest BCUT2D eigenvalue weighted by Gasteiger charge is -2.34. The van der Waals surface area contributed by atoms with Crippen LogP contribution in [0.4, 0.5) is 0 Å². The van der Waals surface area contributed by atoms with Gasteiger partial charge >= 0.3 is 0 Å². The average Bonchev–Trinajstić information content (AvgIpc) is 2.37. The standard InChI is InChI=1S/C18H28Si2/c1-19(2,3)17-12-16(15-10-8-7-9-11-15)13-18(14-17)20(4,5)6/h7-12,14,18H,13H2,1-6H3. The van der Waals surface area contributed by atoms with Crippen molar-refractivity contribution >= 4 is 21.7 Å². The molecule has 0 saturated carbocycles. The van der Waals surface area contributed by atoms with Gasteiger partial charge in [-0.05, 0) is 23.1 Å². The third kappa shape index (κ3) is 3.61. The van der Waals surface area contributed by atoms with Crippen LogP contribution in [0.1, 0.15) is 12.0 Å². The Morgan fingerprint density at radius 3 is 2.00 bits per heavy atom. The van der Waals surface area contributed by atoms with Crippen LogP contribution in [0.3, 0.4) is 0 Å². The molecule has 0 heterocycles. The van der Waals surface area contributed by atoms with Gasteiger partial charge in [0.1, 0.15) is 0 Å². The van der Waals surface area contributed by atoms with E-state index >= 15 is 0 Å². The summed E-state index contributed by atoms with van der Waals surface area (Å²) in [5.74, 6) is 0. The van der Waals surface area contributed by atoms with Gasteiger partial charge in [-0.3, -0.25) is 0 Å². The lowest BCUT2D eigenvalue weighted by atomic mass is 9.97. The first-order chi connectivity index (χ1) is 9.18. The van der Waals surface area contributed by atoms with E-state index in [-0.39, 0.29) is 0 Å². The fraction of sp³-hybridized carbons (Fsp3) is 0.444. The second-order valence-electron chi connectivity index (χ2n) is 8.08. The fourth-order valence-electron chi connectivity index (χ4n) is 2.68. The molecule has 1 aliphatic carbocycles. The van der Waals surface area contributed by atoms with Crippen LogP contribution in [-0.4, -0.2) is 16.1 Å². The Kier molecular flexibility index (Phi) is 4.26. The van der Waals surface area contributed by atoms with Crippen molar-refractivity contribution in [1.82, 2.24) is 0 Å². The van der Waals surface area contributed by atoms with E-state index in [2.05, 4.69) is 81.8 Å². The summed E-state index contributed by atoms with van der Waals surface area (Å²) in [6, 6.07) is 11.0. The molecule has 1 atom stereocenters. The van der Waals surface area contributed by atoms with Crippen molar-refractivity contribution in [2.24, 2.45) is 0 Å². The highest BCUT2D eigenvalue weighted by Gasteiger charge is 2.31. The van der Waals surface area contributed by atoms with Crippen molar-refractivity contribution in [3.63, 3.8) is 0 Å². The molecule has 1 aromatic carbocycles. The van der Waals surface area contributed by atoms with E-state index in [9.17, 15) is 0 Å². The molecule has 0 spiro atoms. The molecule has 0 radical (unpaired) electrons. The van der Waals surface area contributed by atoms with E-state index in [0.717, 1.165) is 5.54 Å². The zero-order chi connectivity index (χ0) is 15.0. The van der Waals surface area contributed by atoms with E-state index in [1.54, 1.807) is 10.8 Å². The normalized spacial score (nSPS) is 20.4. The number of allylic oxidation sites excluding steroid dienone is 4. The van der Waals surface area contributed by atoms with E-state index in [0.29, 0.717) is 0 Å². The maximum Gasteiger partial charge on any atom is 0.0771 e. The minimum absolute atomic E-state index is 0.782. The molecule has 0 aliphatic heterocycles. The Hall–Kier alpha value is -0.866. The largest absolute Gasteiger partial charge is 0.0845 e. The minimum atomic E-state index is -1.24. The molecule has 1 aromatic rings. The van der Waals surface area contributed by atoms with Crippen LogP contribution in [0.25, 0.3) is 5.57 Å². The first kappa shape index (κ1) is 15.5. The second kappa shape index (κ2) is 5.49. The Bertz CT molecular complexity index is 525. The van der Waals surface area contributed by atoms with Crippen LogP contribution in [0, 0.1) is 0 Å². The summed E-state index contributed by atoms with van der Waals surface area (Å²) in [6.07, 6.45) is 6.36. The molecule has 0 aromatic heterocycles. The average molecular weight is 301 g/mol. The van der Waals surface area contributed by atoms with Gasteiger partial charge in [-0.15, -0.1) is 0 Å². The molecule has 0 fully saturated rings. The van der Waals surface area contributed by atoms with Crippen LogP contribution in [0.5, 0.6) is 0 Å². The summed E-state index contributed by atoms with van der Waals surface area (Å²) < 4.78 is 0. The van der Waals surface area contributed by atoms with Crippen molar-refractivity contribution in [2.45, 2.75) is 51.2 Å². The van der Waals surface area contributed by atoms with Crippen LogP contribution < -0.4 is 0 Å². The molecule has 0 bridgehead atoms. The number of benzene rings is 1. The van der Waals surface area contributed by atoms with E-state index in [4.69, 9.17) is 0 Å². The molecule has 108 valence electrons. The minimum Gasteiger partial charge on any atom is -0.0845 e. The van der Waals surface area contributed by atoms with Gasteiger partial charge in [0.05, 0.1) is 16.1 Å². The molecule has 2 heteroatoms. The second-order valence-corrected chi connectivity index (χ2v) is 18.6. The Morgan fingerprint density at radius 2 is 1.50 bits per heavy atom. The Morgan fingerprint density at radius 1 is 0.900 bits per heavy atom. The number of rotatable bonds is 3. The summed E-state index contributed by atoms with van der Waals surface area (Å²) >= 11 is 0. The summed E-state index contributed by atoms with van der Waals surface area (Å²) in [7, 11) is -2.39. The van der Waals surface area contributed by atoms with Crippen LogP contribution in [-0.2, 0) is 0 Å². The Balaban J connectivity index is 2.44. The molecule has 20 heavy (non-hydrogen) atoms. The SMILES string of the molecule is C[Si](C)(C)C1=CC([Si](C)(C)C)CC(c2ccccc2)=C1. The van der Waals surface area contributed by atoms with Gasteiger partial charge in [0, 0.05) is 0 Å². The van der Waals surface area contributed by atoms with Crippen molar-refractivity contribution in [3.8, 4) is 0 Å². The quantitative estimate of drug-likeness (QED) is 0.602. The third-order valence-electron chi connectivity index (χ3n) is 4.27. The van der Waals surface area contributed by atoms with Crippen LogP contribution >= 0.6 is 0 Å². The van der Waals surface area contributed by atoms with Crippen molar-refractivity contribution in [1.29, 1.82) is 0 Å². The zero-order valence-corrected chi connectivity index (χ0v) is 15.8. The summed E-state index contributed by atoms with van der Waals surface area (Å²) in [6.45, 7) is 14.9. The summed E-state index contributed by atoms with van der Waals surface area (Å²) in [5, 5.41) is 1.65. The summed E-state index contributed by atoms with van der Waals surface area (Å²) in [4.78, 5) is 0. The Labute approximate surface area is 126 Å². The van der Waals surface area contributed by atoms with Gasteiger partial charge < -0.3 is 0 Å². The van der Waals surface area contributed by atoms with Gasteiger partial charge in [0.15, 0.2) is 0 Å². The van der Waals surface area contributed by atoms with Gasteiger partial charge in [-0.25, -0.2) is 0 Å². The van der Waals surface area contributed by atoms with E-state index in [1.165, 1.54) is 12.0 Å². The smallest absolute Gasteiger partial charge is 0.0771 e. The molecule has 1 unspecified atom stereocenters. The molecule has 0 amide bonds. The first-order valence-corrected chi connectivity index (χ1v) is 14.7. The third-order valence-corrected chi connectivity index (χ3v) is 8.91. The van der Waals surface area contributed by atoms with Gasteiger partial charge in [-0.1, -0.05) is 87.0 Å².